The number of hydrogen-bond donors (Lipinski definition) is 1. The van der Waals surface area contributed by atoms with Crippen LogP contribution in [0.25, 0.3) is 0 Å². The Kier molecular flexibility index (Phi) is 5.17. The fourth-order valence-electron chi connectivity index (χ4n) is 10.6. The third-order valence-electron chi connectivity index (χ3n) is 12.2. The van der Waals surface area contributed by atoms with Gasteiger partial charge in [0.25, 0.3) is 0 Å². The van der Waals surface area contributed by atoms with Crippen LogP contribution in [0.2, 0.25) is 0 Å². The molecule has 6 fully saturated rings. The minimum Gasteiger partial charge on any atom is -0.387 e. The van der Waals surface area contributed by atoms with Crippen LogP contribution >= 0.6 is 0 Å². The Labute approximate surface area is 195 Å². The molecule has 0 bridgehead atoms. The van der Waals surface area contributed by atoms with Crippen molar-refractivity contribution in [2.75, 3.05) is 13.7 Å². The second-order valence-electron chi connectivity index (χ2n) is 13.4. The summed E-state index contributed by atoms with van der Waals surface area (Å²) in [6, 6.07) is 0. The van der Waals surface area contributed by atoms with Gasteiger partial charge in [-0.05, 0) is 104 Å². The standard InChI is InChI=1S/C28H46O4/c1-16-12-24(29)28(31-15-16)17(2)25-23(32-28)14-22-20-7-6-18-13-19(30-5)8-10-26(18,3)21(20)9-11-27(22,25)4/h16-25,29H,6-15H2,1-5H3/t16-,17+,18+,19+,20-,21+,22+,23+,24+,25+,26+,27+,28+/m1/s1. The lowest BCUT2D eigenvalue weighted by atomic mass is 9.44. The zero-order valence-corrected chi connectivity index (χ0v) is 21.0. The molecule has 2 heterocycles. The van der Waals surface area contributed by atoms with Crippen LogP contribution in [0.15, 0.2) is 0 Å². The van der Waals surface area contributed by atoms with Crippen molar-refractivity contribution in [3.8, 4) is 0 Å². The van der Waals surface area contributed by atoms with E-state index < -0.39 is 11.9 Å². The van der Waals surface area contributed by atoms with Crippen LogP contribution in [0.3, 0.4) is 0 Å². The van der Waals surface area contributed by atoms with E-state index in [1.807, 2.05) is 7.11 Å². The Hall–Kier alpha value is -0.160. The minimum atomic E-state index is -0.755. The van der Waals surface area contributed by atoms with Crippen LogP contribution in [0.4, 0.5) is 0 Å². The van der Waals surface area contributed by atoms with Crippen molar-refractivity contribution in [1.82, 2.24) is 0 Å². The maximum absolute atomic E-state index is 11.1. The minimum absolute atomic E-state index is 0.261. The zero-order valence-electron chi connectivity index (χ0n) is 21.0. The zero-order chi connectivity index (χ0) is 22.5. The average Bonchev–Trinajstić information content (AvgIpc) is 3.22. The van der Waals surface area contributed by atoms with Gasteiger partial charge in [0.15, 0.2) is 5.79 Å². The second kappa shape index (κ2) is 7.42. The van der Waals surface area contributed by atoms with Crippen LogP contribution in [-0.4, -0.2) is 42.9 Å². The van der Waals surface area contributed by atoms with Gasteiger partial charge in [-0.1, -0.05) is 27.7 Å². The Bertz CT molecular complexity index is 741. The molecule has 1 N–H and O–H groups in total. The summed E-state index contributed by atoms with van der Waals surface area (Å²) in [4.78, 5) is 0. The van der Waals surface area contributed by atoms with Crippen LogP contribution < -0.4 is 0 Å². The van der Waals surface area contributed by atoms with Crippen molar-refractivity contribution < 1.29 is 19.3 Å². The van der Waals surface area contributed by atoms with Crippen LogP contribution in [0.1, 0.15) is 85.5 Å². The van der Waals surface area contributed by atoms with Gasteiger partial charge in [0.2, 0.25) is 0 Å². The average molecular weight is 447 g/mol. The van der Waals surface area contributed by atoms with E-state index in [4.69, 9.17) is 14.2 Å². The predicted molar refractivity (Wildman–Crippen MR) is 124 cm³/mol. The summed E-state index contributed by atoms with van der Waals surface area (Å²) >= 11 is 0. The van der Waals surface area contributed by atoms with Crippen molar-refractivity contribution >= 4 is 0 Å². The predicted octanol–water partition coefficient (Wildman–Crippen LogP) is 5.42. The first-order valence-corrected chi connectivity index (χ1v) is 13.8. The maximum Gasteiger partial charge on any atom is 0.197 e. The number of fused-ring (bicyclic) bond motifs is 7. The van der Waals surface area contributed by atoms with Gasteiger partial charge in [-0.15, -0.1) is 0 Å². The number of hydrogen-bond acceptors (Lipinski definition) is 4. The molecule has 6 aliphatic rings. The molecule has 0 aromatic carbocycles. The van der Waals surface area contributed by atoms with E-state index in [9.17, 15) is 5.11 Å². The molecule has 4 aliphatic carbocycles. The lowest BCUT2D eigenvalue weighted by Gasteiger charge is -2.61. The Balaban J connectivity index is 1.25. The summed E-state index contributed by atoms with van der Waals surface area (Å²) in [6.07, 6.45) is 11.6. The molecule has 2 saturated heterocycles. The molecule has 0 aromatic heterocycles. The first-order valence-electron chi connectivity index (χ1n) is 13.8. The van der Waals surface area contributed by atoms with Crippen molar-refractivity contribution in [3.63, 3.8) is 0 Å². The summed E-state index contributed by atoms with van der Waals surface area (Å²) in [7, 11) is 1.91. The SMILES string of the molecule is CO[C@H]1CC[C@@]2(C)[C@@H](CC[C@@H]3[C@@H]2CC[C@]2(C)[C@@H]4[C@H](C[C@@H]32)O[C@@]2(OC[C@H](C)C[C@@H]2O)[C@H]4C)C1. The summed E-state index contributed by atoms with van der Waals surface area (Å²) < 4.78 is 18.9. The van der Waals surface area contributed by atoms with E-state index in [0.717, 1.165) is 30.1 Å². The Morgan fingerprint density at radius 1 is 0.906 bits per heavy atom. The van der Waals surface area contributed by atoms with Crippen LogP contribution in [0.5, 0.6) is 0 Å². The third kappa shape index (κ3) is 2.82. The summed E-state index contributed by atoms with van der Waals surface area (Å²) in [6.45, 7) is 10.4. The molecule has 1 spiro atoms. The molecule has 182 valence electrons. The van der Waals surface area contributed by atoms with Gasteiger partial charge in [-0.3, -0.25) is 0 Å². The van der Waals surface area contributed by atoms with E-state index in [1.54, 1.807) is 0 Å². The molecule has 0 radical (unpaired) electrons. The molecule has 0 amide bonds. The van der Waals surface area contributed by atoms with Crippen molar-refractivity contribution in [3.05, 3.63) is 0 Å². The summed E-state index contributed by atoms with van der Waals surface area (Å²) in [5.41, 5.74) is 0.831. The Morgan fingerprint density at radius 3 is 2.44 bits per heavy atom. The molecule has 0 aromatic rings. The van der Waals surface area contributed by atoms with Gasteiger partial charge < -0.3 is 19.3 Å². The number of ether oxygens (including phenoxy) is 3. The molecule has 4 nitrogen and oxygen atoms in total. The molecule has 4 saturated carbocycles. The molecule has 0 unspecified atom stereocenters. The van der Waals surface area contributed by atoms with Gasteiger partial charge in [0.1, 0.15) is 6.10 Å². The molecular weight excluding hydrogens is 400 g/mol. The molecule has 4 heteroatoms. The van der Waals surface area contributed by atoms with Gasteiger partial charge in [-0.2, -0.15) is 0 Å². The quantitative estimate of drug-likeness (QED) is 0.584. The first-order chi connectivity index (χ1) is 15.2. The topological polar surface area (TPSA) is 47.9 Å². The molecule has 13 atom stereocenters. The number of aliphatic hydroxyl groups excluding tert-OH is 1. The number of methoxy groups -OCH3 is 1. The van der Waals surface area contributed by atoms with E-state index in [0.29, 0.717) is 35.4 Å². The van der Waals surface area contributed by atoms with Gasteiger partial charge in [0.05, 0.1) is 18.8 Å². The maximum atomic E-state index is 11.1. The summed E-state index contributed by atoms with van der Waals surface area (Å²) in [5.74, 6) is 3.79. The lowest BCUT2D eigenvalue weighted by Crippen LogP contribution is -2.57. The molecule has 32 heavy (non-hydrogen) atoms. The summed E-state index contributed by atoms with van der Waals surface area (Å²) in [5, 5.41) is 11.1. The molecular formula is C28H46O4. The highest BCUT2D eigenvalue weighted by Crippen LogP contribution is 2.71. The lowest BCUT2D eigenvalue weighted by molar-refractivity contribution is -0.316. The highest BCUT2D eigenvalue weighted by Gasteiger charge is 2.70. The van der Waals surface area contributed by atoms with Crippen molar-refractivity contribution in [2.45, 2.75) is 110 Å². The van der Waals surface area contributed by atoms with E-state index in [-0.39, 0.29) is 12.0 Å². The normalized spacial score (nSPS) is 61.7. The second-order valence-corrected chi connectivity index (χ2v) is 13.4. The number of aliphatic hydroxyl groups is 1. The fraction of sp³-hybridized carbons (Fsp3) is 1.00. The first kappa shape index (κ1) is 22.3. The van der Waals surface area contributed by atoms with Gasteiger partial charge in [-0.25, -0.2) is 0 Å². The smallest absolute Gasteiger partial charge is 0.197 e. The van der Waals surface area contributed by atoms with Gasteiger partial charge >= 0.3 is 0 Å². The molecule has 2 aliphatic heterocycles. The molecule has 6 rings (SSSR count). The van der Waals surface area contributed by atoms with E-state index in [2.05, 4.69) is 27.7 Å². The van der Waals surface area contributed by atoms with Gasteiger partial charge in [0, 0.05) is 13.0 Å². The monoisotopic (exact) mass is 446 g/mol. The van der Waals surface area contributed by atoms with Crippen LogP contribution in [0, 0.1) is 52.3 Å². The fourth-order valence-corrected chi connectivity index (χ4v) is 10.6. The Morgan fingerprint density at radius 2 is 1.69 bits per heavy atom. The van der Waals surface area contributed by atoms with Crippen LogP contribution in [-0.2, 0) is 14.2 Å². The van der Waals surface area contributed by atoms with E-state index in [1.165, 1.54) is 51.4 Å². The van der Waals surface area contributed by atoms with Crippen molar-refractivity contribution in [2.24, 2.45) is 52.3 Å². The highest BCUT2D eigenvalue weighted by molar-refractivity contribution is 5.16. The highest BCUT2D eigenvalue weighted by atomic mass is 16.7. The van der Waals surface area contributed by atoms with E-state index >= 15 is 0 Å². The largest absolute Gasteiger partial charge is 0.387 e. The van der Waals surface area contributed by atoms with Crippen molar-refractivity contribution in [1.29, 1.82) is 0 Å². The number of rotatable bonds is 1. The third-order valence-corrected chi connectivity index (χ3v) is 12.2.